The smallest absolute Gasteiger partial charge is 0.204 e. The fraction of sp³-hybridized carbons (Fsp3) is 0.320. The maximum absolute atomic E-state index is 13.2. The van der Waals surface area contributed by atoms with Gasteiger partial charge < -0.3 is 19.1 Å². The molecule has 1 aromatic heterocycles. The van der Waals surface area contributed by atoms with Crippen LogP contribution >= 0.6 is 0 Å². The van der Waals surface area contributed by atoms with Crippen molar-refractivity contribution < 1.29 is 23.4 Å². The maximum atomic E-state index is 13.2. The third-order valence-corrected chi connectivity index (χ3v) is 6.39. The van der Waals surface area contributed by atoms with Gasteiger partial charge in [-0.15, -0.1) is 10.2 Å². The van der Waals surface area contributed by atoms with E-state index in [0.717, 1.165) is 11.4 Å². The van der Waals surface area contributed by atoms with E-state index in [1.807, 2.05) is 12.1 Å². The molecule has 0 bridgehead atoms. The average molecular weight is 449 g/mol. The average Bonchev–Trinajstić information content (AvgIpc) is 2.84. The summed E-state index contributed by atoms with van der Waals surface area (Å²) in [5, 5.41) is 8.69. The quantitative estimate of drug-likeness (QED) is 0.588. The Bertz CT molecular complexity index is 1170. The van der Waals surface area contributed by atoms with Crippen LogP contribution in [0.25, 0.3) is 11.3 Å². The molecule has 1 saturated heterocycles. The van der Waals surface area contributed by atoms with Crippen molar-refractivity contribution in [1.82, 2.24) is 10.2 Å². The molecule has 170 valence electrons. The van der Waals surface area contributed by atoms with E-state index in [1.54, 1.807) is 38.5 Å². The summed E-state index contributed by atoms with van der Waals surface area (Å²) in [5.74, 6) is 1.98. The molecule has 8 heteroatoms. The highest BCUT2D eigenvalue weighted by molar-refractivity contribution is 6.01. The van der Waals surface area contributed by atoms with E-state index >= 15 is 0 Å². The van der Waals surface area contributed by atoms with E-state index in [1.165, 1.54) is 12.1 Å². The molecule has 0 radical (unpaired) electrons. The number of aromatic nitrogens is 2. The monoisotopic (exact) mass is 449 g/mol. The molecule has 1 spiro atoms. The Morgan fingerprint density at radius 3 is 2.36 bits per heavy atom. The first kappa shape index (κ1) is 21.2. The van der Waals surface area contributed by atoms with Crippen molar-refractivity contribution in [1.29, 1.82) is 0 Å². The number of nitrogens with zero attached hydrogens (tertiary/aromatic N) is 3. The lowest BCUT2D eigenvalue weighted by molar-refractivity contribution is 0.0207. The molecule has 33 heavy (non-hydrogen) atoms. The fourth-order valence-electron chi connectivity index (χ4n) is 4.55. The summed E-state index contributed by atoms with van der Waals surface area (Å²) < 4.78 is 30.5. The predicted molar refractivity (Wildman–Crippen MR) is 121 cm³/mol. The molecule has 7 nitrogen and oxygen atoms in total. The van der Waals surface area contributed by atoms with Crippen molar-refractivity contribution >= 4 is 11.6 Å². The summed E-state index contributed by atoms with van der Waals surface area (Å²) in [6.45, 7) is 1.36. The second-order valence-corrected chi connectivity index (χ2v) is 8.33. The molecule has 2 aliphatic heterocycles. The van der Waals surface area contributed by atoms with Crippen LogP contribution in [0.1, 0.15) is 29.6 Å². The summed E-state index contributed by atoms with van der Waals surface area (Å²) in [6, 6.07) is 13.4. The van der Waals surface area contributed by atoms with Crippen molar-refractivity contribution in [2.24, 2.45) is 0 Å². The van der Waals surface area contributed by atoms with Gasteiger partial charge in [0.1, 0.15) is 11.4 Å². The third kappa shape index (κ3) is 3.86. The Morgan fingerprint density at radius 1 is 0.970 bits per heavy atom. The van der Waals surface area contributed by atoms with Gasteiger partial charge in [0.05, 0.1) is 31.9 Å². The first-order valence-electron chi connectivity index (χ1n) is 10.8. The van der Waals surface area contributed by atoms with Crippen LogP contribution in [0.3, 0.4) is 0 Å². The predicted octanol–water partition coefficient (Wildman–Crippen LogP) is 4.30. The number of ketones is 1. The molecule has 2 aliphatic rings. The molecule has 2 aromatic carbocycles. The number of carbonyl (C=O) groups excluding carboxylic acids is 1. The number of ether oxygens (including phenoxy) is 3. The normalized spacial score (nSPS) is 16.8. The number of rotatable bonds is 4. The van der Waals surface area contributed by atoms with Gasteiger partial charge in [0.2, 0.25) is 5.75 Å². The summed E-state index contributed by atoms with van der Waals surface area (Å²) in [7, 11) is 3.11. The molecule has 3 heterocycles. The number of anilines is 1. The molecule has 0 unspecified atom stereocenters. The lowest BCUT2D eigenvalue weighted by atomic mass is 9.82. The molecular weight excluding hydrogens is 425 g/mol. The number of hydrogen-bond acceptors (Lipinski definition) is 7. The van der Waals surface area contributed by atoms with Crippen molar-refractivity contribution in [3.63, 3.8) is 0 Å². The molecule has 0 N–H and O–H groups in total. The van der Waals surface area contributed by atoms with Crippen LogP contribution in [0.5, 0.6) is 17.2 Å². The zero-order valence-corrected chi connectivity index (χ0v) is 18.5. The minimum Gasteiger partial charge on any atom is -0.493 e. The summed E-state index contributed by atoms with van der Waals surface area (Å²) >= 11 is 0. The number of piperidine rings is 1. The van der Waals surface area contributed by atoms with Gasteiger partial charge in [-0.3, -0.25) is 4.79 Å². The van der Waals surface area contributed by atoms with Gasteiger partial charge in [-0.25, -0.2) is 4.39 Å². The van der Waals surface area contributed by atoms with E-state index in [-0.39, 0.29) is 11.6 Å². The number of fused-ring (bicyclic) bond motifs is 1. The van der Waals surface area contributed by atoms with Gasteiger partial charge in [-0.2, -0.15) is 0 Å². The van der Waals surface area contributed by atoms with Crippen molar-refractivity contribution in [2.75, 3.05) is 32.2 Å². The lowest BCUT2D eigenvalue weighted by Crippen LogP contribution is -2.51. The third-order valence-electron chi connectivity index (χ3n) is 6.39. The van der Waals surface area contributed by atoms with Gasteiger partial charge in [-0.05, 0) is 48.5 Å². The Hall–Kier alpha value is -3.68. The lowest BCUT2D eigenvalue weighted by Gasteiger charge is -2.44. The first-order chi connectivity index (χ1) is 16.0. The molecule has 0 aliphatic carbocycles. The van der Waals surface area contributed by atoms with Crippen LogP contribution in [0.15, 0.2) is 48.5 Å². The van der Waals surface area contributed by atoms with Crippen LogP contribution in [0.2, 0.25) is 0 Å². The van der Waals surface area contributed by atoms with Crippen LogP contribution < -0.4 is 19.1 Å². The Balaban J connectivity index is 1.32. The maximum Gasteiger partial charge on any atom is 0.204 e. The van der Waals surface area contributed by atoms with Crippen LogP contribution in [0, 0.1) is 5.82 Å². The molecule has 0 amide bonds. The van der Waals surface area contributed by atoms with E-state index in [0.29, 0.717) is 60.9 Å². The van der Waals surface area contributed by atoms with Crippen molar-refractivity contribution in [3.05, 3.63) is 59.9 Å². The largest absolute Gasteiger partial charge is 0.493 e. The van der Waals surface area contributed by atoms with E-state index in [2.05, 4.69) is 15.1 Å². The highest BCUT2D eigenvalue weighted by Gasteiger charge is 2.44. The number of benzene rings is 2. The second-order valence-electron chi connectivity index (χ2n) is 8.33. The highest BCUT2D eigenvalue weighted by atomic mass is 19.1. The van der Waals surface area contributed by atoms with Gasteiger partial charge in [-0.1, -0.05) is 0 Å². The Kier molecular flexibility index (Phi) is 5.36. The zero-order chi connectivity index (χ0) is 23.0. The minimum absolute atomic E-state index is 0.0501. The fourth-order valence-corrected chi connectivity index (χ4v) is 4.55. The van der Waals surface area contributed by atoms with Gasteiger partial charge in [0.15, 0.2) is 23.1 Å². The van der Waals surface area contributed by atoms with Crippen LogP contribution in [-0.4, -0.2) is 48.9 Å². The summed E-state index contributed by atoms with van der Waals surface area (Å²) in [6.07, 6.45) is 1.67. The highest BCUT2D eigenvalue weighted by Crippen LogP contribution is 2.48. The number of carbonyl (C=O) groups is 1. The van der Waals surface area contributed by atoms with Crippen LogP contribution in [0.4, 0.5) is 10.2 Å². The first-order valence-corrected chi connectivity index (χ1v) is 10.8. The second kappa shape index (κ2) is 8.35. The molecule has 3 aromatic rings. The molecule has 0 atom stereocenters. The number of methoxy groups -OCH3 is 2. The van der Waals surface area contributed by atoms with E-state index in [4.69, 9.17) is 14.2 Å². The number of halogens is 1. The SMILES string of the molecule is COc1ccc2c(c1OC)OC1(CCN(c3ccc(-c4ccc(F)cc4)nn3)CC1)CC2=O. The minimum atomic E-state index is -0.582. The summed E-state index contributed by atoms with van der Waals surface area (Å²) in [5.41, 5.74) is 1.45. The Morgan fingerprint density at radius 2 is 1.73 bits per heavy atom. The van der Waals surface area contributed by atoms with E-state index in [9.17, 15) is 9.18 Å². The summed E-state index contributed by atoms with van der Waals surface area (Å²) in [4.78, 5) is 15.1. The van der Waals surface area contributed by atoms with Gasteiger partial charge in [0, 0.05) is 31.5 Å². The Labute approximate surface area is 191 Å². The van der Waals surface area contributed by atoms with E-state index < -0.39 is 5.60 Å². The number of Topliss-reactive ketones (excluding diaryl/α,β-unsaturated/α-hetero) is 1. The van der Waals surface area contributed by atoms with Crippen LogP contribution in [-0.2, 0) is 0 Å². The molecule has 0 saturated carbocycles. The molecular formula is C25H24FN3O4. The standard InChI is InChI=1S/C25H24FN3O4/c1-31-21-9-7-18-20(30)15-25(33-23(18)24(21)32-2)11-13-29(14-12-25)22-10-8-19(27-28-22)16-3-5-17(26)6-4-16/h3-10H,11-15H2,1-2H3. The van der Waals surface area contributed by atoms with Gasteiger partial charge in [0.25, 0.3) is 0 Å². The molecule has 5 rings (SSSR count). The zero-order valence-electron chi connectivity index (χ0n) is 18.5. The topological polar surface area (TPSA) is 73.8 Å². The van der Waals surface area contributed by atoms with Crippen molar-refractivity contribution in [3.8, 4) is 28.5 Å². The molecule has 1 fully saturated rings. The number of hydrogen-bond donors (Lipinski definition) is 0. The van der Waals surface area contributed by atoms with Crippen molar-refractivity contribution in [2.45, 2.75) is 24.9 Å². The van der Waals surface area contributed by atoms with Gasteiger partial charge >= 0.3 is 0 Å².